The summed E-state index contributed by atoms with van der Waals surface area (Å²) in [5.41, 5.74) is 1.08. The van der Waals surface area contributed by atoms with Gasteiger partial charge in [-0.15, -0.1) is 0 Å². The van der Waals surface area contributed by atoms with Crippen molar-refractivity contribution < 1.29 is 23.9 Å². The van der Waals surface area contributed by atoms with E-state index in [1.54, 1.807) is 21.9 Å². The molecule has 0 radical (unpaired) electrons. The fourth-order valence-corrected chi connectivity index (χ4v) is 5.16. The molecule has 2 fully saturated rings. The normalized spacial score (nSPS) is 20.7. The fourth-order valence-electron chi connectivity index (χ4n) is 4.85. The summed E-state index contributed by atoms with van der Waals surface area (Å²) in [4.78, 5) is 44.3. The first-order valence-electron chi connectivity index (χ1n) is 11.3. The largest absolute Gasteiger partial charge is 0.465 e. The second-order valence-corrected chi connectivity index (χ2v) is 9.71. The van der Waals surface area contributed by atoms with E-state index >= 15 is 0 Å². The number of hydrogen-bond acceptors (Lipinski definition) is 4. The summed E-state index contributed by atoms with van der Waals surface area (Å²) in [6, 6.07) is 7.88. The van der Waals surface area contributed by atoms with Crippen molar-refractivity contribution in [1.29, 1.82) is 0 Å². The number of carbonyl (C=O) groups excluding carboxylic acids is 2. The molecule has 0 bridgehead atoms. The molecular weight excluding hydrogens is 498 g/mol. The van der Waals surface area contributed by atoms with Crippen LogP contribution in [0.4, 0.5) is 9.18 Å². The lowest BCUT2D eigenvalue weighted by molar-refractivity contribution is -0.136. The van der Waals surface area contributed by atoms with Gasteiger partial charge < -0.3 is 20.2 Å². The maximum atomic E-state index is 13.4. The standard InChI is InChI=1S/C24H25Cl2FN4O4/c25-19-3-1-15(9-20(19)26)18-13-31(12-16(18)10-29-24(34)35)22(32)14-5-7-30(8-6-14)23(33)21-4-2-17(27)11-28-21/h1-4,9,11,14,16,18,29H,5-8,10,12-13H2,(H,34,35)/t16-,18-/m0/s1. The molecule has 186 valence electrons. The Morgan fingerprint density at radius 3 is 2.43 bits per heavy atom. The van der Waals surface area contributed by atoms with Crippen molar-refractivity contribution >= 4 is 41.1 Å². The minimum atomic E-state index is -1.12. The van der Waals surface area contributed by atoms with Gasteiger partial charge in [0.25, 0.3) is 5.91 Å². The summed E-state index contributed by atoms with van der Waals surface area (Å²) in [6.45, 7) is 1.89. The number of nitrogens with zero attached hydrogens (tertiary/aromatic N) is 3. The van der Waals surface area contributed by atoms with Crippen molar-refractivity contribution in [3.05, 3.63) is 63.6 Å². The van der Waals surface area contributed by atoms with Crippen molar-refractivity contribution in [3.8, 4) is 0 Å². The smallest absolute Gasteiger partial charge is 0.404 e. The number of piperidine rings is 1. The van der Waals surface area contributed by atoms with E-state index in [-0.39, 0.29) is 41.8 Å². The number of nitrogens with one attached hydrogen (secondary N) is 1. The Balaban J connectivity index is 1.40. The summed E-state index contributed by atoms with van der Waals surface area (Å²) in [6.07, 6.45) is 0.919. The highest BCUT2D eigenvalue weighted by Gasteiger charge is 2.39. The van der Waals surface area contributed by atoms with Gasteiger partial charge in [-0.1, -0.05) is 29.3 Å². The number of rotatable bonds is 5. The molecule has 8 nitrogen and oxygen atoms in total. The van der Waals surface area contributed by atoms with E-state index in [0.717, 1.165) is 11.8 Å². The molecule has 3 amide bonds. The van der Waals surface area contributed by atoms with E-state index in [4.69, 9.17) is 28.3 Å². The predicted molar refractivity (Wildman–Crippen MR) is 128 cm³/mol. The molecule has 35 heavy (non-hydrogen) atoms. The van der Waals surface area contributed by atoms with Crippen LogP contribution in [0.2, 0.25) is 10.0 Å². The van der Waals surface area contributed by atoms with E-state index < -0.39 is 11.9 Å². The van der Waals surface area contributed by atoms with Crippen LogP contribution in [-0.2, 0) is 4.79 Å². The maximum Gasteiger partial charge on any atom is 0.404 e. The molecule has 2 atom stereocenters. The van der Waals surface area contributed by atoms with Crippen LogP contribution in [0.15, 0.2) is 36.5 Å². The second kappa shape index (κ2) is 10.8. The van der Waals surface area contributed by atoms with Gasteiger partial charge in [0.05, 0.1) is 16.2 Å². The van der Waals surface area contributed by atoms with Gasteiger partial charge in [0, 0.05) is 50.5 Å². The van der Waals surface area contributed by atoms with E-state index in [1.807, 2.05) is 6.07 Å². The first-order valence-corrected chi connectivity index (χ1v) is 12.1. The molecule has 2 aromatic rings. The zero-order chi connectivity index (χ0) is 25.1. The Bertz CT molecular complexity index is 1110. The van der Waals surface area contributed by atoms with Crippen molar-refractivity contribution in [2.24, 2.45) is 11.8 Å². The molecule has 4 rings (SSSR count). The third-order valence-corrected chi connectivity index (χ3v) is 7.46. The number of halogens is 3. The molecule has 2 saturated heterocycles. The summed E-state index contributed by atoms with van der Waals surface area (Å²) >= 11 is 12.3. The molecule has 0 spiro atoms. The number of likely N-dealkylation sites (tertiary alicyclic amines) is 2. The van der Waals surface area contributed by atoms with Crippen LogP contribution >= 0.6 is 23.2 Å². The lowest BCUT2D eigenvalue weighted by Crippen LogP contribution is -2.44. The average Bonchev–Trinajstić information content (AvgIpc) is 3.28. The molecule has 11 heteroatoms. The van der Waals surface area contributed by atoms with Crippen LogP contribution < -0.4 is 5.32 Å². The summed E-state index contributed by atoms with van der Waals surface area (Å²) in [7, 11) is 0. The zero-order valence-electron chi connectivity index (χ0n) is 18.8. The SMILES string of the molecule is O=C(O)NC[C@H]1CN(C(=O)C2CCN(C(=O)c3ccc(F)cn3)CC2)C[C@H]1c1ccc(Cl)c(Cl)c1. The molecular formula is C24H25Cl2FN4O4. The van der Waals surface area contributed by atoms with E-state index in [1.165, 1.54) is 12.1 Å². The van der Waals surface area contributed by atoms with Crippen LogP contribution in [0.1, 0.15) is 34.8 Å². The Kier molecular flexibility index (Phi) is 7.76. The van der Waals surface area contributed by atoms with Gasteiger partial charge in [0.2, 0.25) is 5.91 Å². The molecule has 0 unspecified atom stereocenters. The number of hydrogen-bond donors (Lipinski definition) is 2. The van der Waals surface area contributed by atoms with Crippen LogP contribution in [0, 0.1) is 17.7 Å². The Labute approximate surface area is 212 Å². The number of aromatic nitrogens is 1. The number of carbonyl (C=O) groups is 3. The molecule has 2 N–H and O–H groups in total. The van der Waals surface area contributed by atoms with Gasteiger partial charge in [-0.05, 0) is 42.7 Å². The highest BCUT2D eigenvalue weighted by atomic mass is 35.5. The van der Waals surface area contributed by atoms with E-state index in [2.05, 4.69) is 10.3 Å². The average molecular weight is 523 g/mol. The van der Waals surface area contributed by atoms with Crippen LogP contribution in [0.5, 0.6) is 0 Å². The lowest BCUT2D eigenvalue weighted by atomic mass is 9.89. The third-order valence-electron chi connectivity index (χ3n) is 6.72. The minimum absolute atomic E-state index is 0.000100. The molecule has 2 aliphatic heterocycles. The molecule has 2 aliphatic rings. The Morgan fingerprint density at radius 1 is 1.06 bits per heavy atom. The van der Waals surface area contributed by atoms with Crippen molar-refractivity contribution in [1.82, 2.24) is 20.1 Å². The van der Waals surface area contributed by atoms with Gasteiger partial charge in [0.1, 0.15) is 11.5 Å². The number of benzene rings is 1. The highest BCUT2D eigenvalue weighted by Crippen LogP contribution is 2.36. The maximum absolute atomic E-state index is 13.4. The minimum Gasteiger partial charge on any atom is -0.465 e. The van der Waals surface area contributed by atoms with Crippen molar-refractivity contribution in [3.63, 3.8) is 0 Å². The topological polar surface area (TPSA) is 103 Å². The number of amides is 3. The summed E-state index contributed by atoms with van der Waals surface area (Å²) < 4.78 is 13.1. The van der Waals surface area contributed by atoms with Gasteiger partial charge >= 0.3 is 6.09 Å². The number of carboxylic acid groups (broad SMARTS) is 1. The summed E-state index contributed by atoms with van der Waals surface area (Å²) in [5.74, 6) is -1.23. The Morgan fingerprint density at radius 2 is 1.80 bits per heavy atom. The molecule has 1 aromatic carbocycles. The van der Waals surface area contributed by atoms with Crippen molar-refractivity contribution in [2.75, 3.05) is 32.7 Å². The van der Waals surface area contributed by atoms with Gasteiger partial charge in [-0.2, -0.15) is 0 Å². The lowest BCUT2D eigenvalue weighted by Gasteiger charge is -2.33. The van der Waals surface area contributed by atoms with Gasteiger partial charge in [-0.3, -0.25) is 9.59 Å². The Hall–Kier alpha value is -2.91. The molecule has 0 saturated carbocycles. The molecule has 3 heterocycles. The molecule has 0 aliphatic carbocycles. The second-order valence-electron chi connectivity index (χ2n) is 8.90. The quantitative estimate of drug-likeness (QED) is 0.619. The summed E-state index contributed by atoms with van der Waals surface area (Å²) in [5, 5.41) is 12.3. The predicted octanol–water partition coefficient (Wildman–Crippen LogP) is 3.89. The first-order chi connectivity index (χ1) is 16.7. The highest BCUT2D eigenvalue weighted by molar-refractivity contribution is 6.42. The number of pyridine rings is 1. The van der Waals surface area contributed by atoms with E-state index in [0.29, 0.717) is 49.1 Å². The zero-order valence-corrected chi connectivity index (χ0v) is 20.3. The van der Waals surface area contributed by atoms with Crippen LogP contribution in [0.3, 0.4) is 0 Å². The third kappa shape index (κ3) is 5.85. The van der Waals surface area contributed by atoms with Crippen LogP contribution in [0.25, 0.3) is 0 Å². The monoisotopic (exact) mass is 522 g/mol. The first kappa shape index (κ1) is 25.2. The van der Waals surface area contributed by atoms with Gasteiger partial charge in [-0.25, -0.2) is 14.2 Å². The van der Waals surface area contributed by atoms with Crippen LogP contribution in [-0.4, -0.2) is 70.5 Å². The van der Waals surface area contributed by atoms with Gasteiger partial charge in [0.15, 0.2) is 0 Å². The molecule has 1 aromatic heterocycles. The fraction of sp³-hybridized carbons (Fsp3) is 0.417. The van der Waals surface area contributed by atoms with Crippen molar-refractivity contribution in [2.45, 2.75) is 18.8 Å². The van der Waals surface area contributed by atoms with E-state index in [9.17, 15) is 18.8 Å².